The monoisotopic (exact) mass is 487 g/mol. The highest BCUT2D eigenvalue weighted by molar-refractivity contribution is 6.10. The van der Waals surface area contributed by atoms with Gasteiger partial charge in [-0.1, -0.05) is 26.7 Å². The maximum Gasteiger partial charge on any atom is 0.440 e. The molecular weight excluding hydrogens is 459 g/mol. The minimum Gasteiger partial charge on any atom is -0.493 e. The van der Waals surface area contributed by atoms with Crippen LogP contribution in [0.1, 0.15) is 43.5 Å². The van der Waals surface area contributed by atoms with Crippen LogP contribution < -0.4 is 24.8 Å². The standard InChI is InChI=1S/C22H28F3N3O6/c1-11-7-6-8-14(12(11)2)28-19(30)21(22(23,24)25,27-20(28)31)26-18(29)13-9-15(32-3)17(34-5)16(10-13)33-4/h9-12,14H,6-8H2,1-5H3,(H,26,29)(H,27,31)/t11-,12-,14+,21-/m1/s1. The van der Waals surface area contributed by atoms with Crippen LogP contribution in [0.5, 0.6) is 17.2 Å². The second kappa shape index (κ2) is 9.22. The second-order valence-electron chi connectivity index (χ2n) is 8.56. The smallest absolute Gasteiger partial charge is 0.440 e. The predicted octanol–water partition coefficient (Wildman–Crippen LogP) is 3.08. The molecule has 1 aromatic rings. The molecule has 3 rings (SSSR count). The van der Waals surface area contributed by atoms with E-state index in [0.29, 0.717) is 17.7 Å². The molecule has 0 aromatic heterocycles. The summed E-state index contributed by atoms with van der Waals surface area (Å²) in [6.07, 6.45) is -3.40. The second-order valence-corrected chi connectivity index (χ2v) is 8.56. The fourth-order valence-corrected chi connectivity index (χ4v) is 4.57. The maximum atomic E-state index is 14.3. The van der Waals surface area contributed by atoms with Crippen molar-refractivity contribution in [1.82, 2.24) is 15.5 Å². The Balaban J connectivity index is 2.00. The van der Waals surface area contributed by atoms with Crippen LogP contribution in [-0.4, -0.2) is 62.0 Å². The van der Waals surface area contributed by atoms with E-state index in [4.69, 9.17) is 14.2 Å². The number of methoxy groups -OCH3 is 3. The van der Waals surface area contributed by atoms with Gasteiger partial charge in [-0.15, -0.1) is 0 Å². The third-order valence-corrected chi connectivity index (χ3v) is 6.70. The topological polar surface area (TPSA) is 106 Å². The van der Waals surface area contributed by atoms with Crippen molar-refractivity contribution >= 4 is 17.8 Å². The van der Waals surface area contributed by atoms with E-state index in [1.54, 1.807) is 17.6 Å². The molecule has 1 heterocycles. The number of alkyl halides is 3. The molecule has 0 bridgehead atoms. The number of imide groups is 1. The minimum absolute atomic E-state index is 0.0292. The SMILES string of the molecule is COc1cc(C(=O)N[C@@]2(C(F)(F)F)NC(=O)N([C@H]3CCC[C@@H](C)[C@H]3C)C2=O)cc(OC)c1OC. The van der Waals surface area contributed by atoms with Gasteiger partial charge in [0.05, 0.1) is 21.3 Å². The number of hydrogen-bond donors (Lipinski definition) is 2. The molecule has 1 saturated carbocycles. The lowest BCUT2D eigenvalue weighted by molar-refractivity contribution is -0.201. The Morgan fingerprint density at radius 2 is 1.68 bits per heavy atom. The van der Waals surface area contributed by atoms with Gasteiger partial charge in [0.2, 0.25) is 5.75 Å². The van der Waals surface area contributed by atoms with E-state index in [2.05, 4.69) is 0 Å². The quantitative estimate of drug-likeness (QED) is 0.598. The molecule has 9 nitrogen and oxygen atoms in total. The third-order valence-electron chi connectivity index (χ3n) is 6.70. The number of nitrogens with zero attached hydrogens (tertiary/aromatic N) is 1. The van der Waals surface area contributed by atoms with Crippen LogP contribution in [0.2, 0.25) is 0 Å². The number of benzene rings is 1. The lowest BCUT2D eigenvalue weighted by Crippen LogP contribution is -2.69. The largest absolute Gasteiger partial charge is 0.493 e. The summed E-state index contributed by atoms with van der Waals surface area (Å²) in [6.45, 7) is 3.73. The summed E-state index contributed by atoms with van der Waals surface area (Å²) in [4.78, 5) is 39.4. The van der Waals surface area contributed by atoms with Crippen molar-refractivity contribution in [3.63, 3.8) is 0 Å². The fraction of sp³-hybridized carbons (Fsp3) is 0.591. The van der Waals surface area contributed by atoms with Gasteiger partial charge in [-0.2, -0.15) is 13.2 Å². The average Bonchev–Trinajstić information content (AvgIpc) is 3.04. The molecule has 4 amide bonds. The van der Waals surface area contributed by atoms with Gasteiger partial charge in [-0.05, 0) is 30.4 Å². The zero-order valence-electron chi connectivity index (χ0n) is 19.5. The van der Waals surface area contributed by atoms with E-state index in [9.17, 15) is 27.6 Å². The molecule has 1 saturated heterocycles. The van der Waals surface area contributed by atoms with E-state index < -0.39 is 35.7 Å². The first kappa shape index (κ1) is 25.4. The molecule has 2 fully saturated rings. The molecule has 0 radical (unpaired) electrons. The van der Waals surface area contributed by atoms with Gasteiger partial charge in [0, 0.05) is 11.6 Å². The highest BCUT2D eigenvalue weighted by atomic mass is 19.4. The van der Waals surface area contributed by atoms with Crippen LogP contribution in [0.15, 0.2) is 12.1 Å². The number of ether oxygens (including phenoxy) is 3. The maximum absolute atomic E-state index is 14.3. The van der Waals surface area contributed by atoms with Gasteiger partial charge in [-0.3, -0.25) is 19.8 Å². The lowest BCUT2D eigenvalue weighted by Gasteiger charge is -2.38. The Morgan fingerprint density at radius 1 is 1.09 bits per heavy atom. The average molecular weight is 487 g/mol. The first-order valence-electron chi connectivity index (χ1n) is 10.8. The van der Waals surface area contributed by atoms with Crippen LogP contribution in [0.25, 0.3) is 0 Å². The number of amides is 4. The van der Waals surface area contributed by atoms with Gasteiger partial charge in [0.15, 0.2) is 11.5 Å². The lowest BCUT2D eigenvalue weighted by atomic mass is 9.77. The molecule has 2 aliphatic rings. The first-order valence-corrected chi connectivity index (χ1v) is 10.8. The predicted molar refractivity (Wildman–Crippen MR) is 114 cm³/mol. The Kier molecular flexibility index (Phi) is 6.90. The number of hydrogen-bond acceptors (Lipinski definition) is 6. The molecule has 1 aliphatic heterocycles. The van der Waals surface area contributed by atoms with Crippen LogP contribution >= 0.6 is 0 Å². The van der Waals surface area contributed by atoms with Crippen LogP contribution in [0.4, 0.5) is 18.0 Å². The Morgan fingerprint density at radius 3 is 2.18 bits per heavy atom. The van der Waals surface area contributed by atoms with Gasteiger partial charge in [0.25, 0.3) is 17.5 Å². The number of carbonyl (C=O) groups is 3. The van der Waals surface area contributed by atoms with Gasteiger partial charge < -0.3 is 19.5 Å². The number of nitrogens with one attached hydrogen (secondary N) is 2. The molecule has 188 valence electrons. The van der Waals surface area contributed by atoms with E-state index >= 15 is 0 Å². The summed E-state index contributed by atoms with van der Waals surface area (Å²) in [5.74, 6) is -2.71. The summed E-state index contributed by atoms with van der Waals surface area (Å²) in [7, 11) is 3.88. The van der Waals surface area contributed by atoms with E-state index in [1.165, 1.54) is 21.3 Å². The zero-order valence-corrected chi connectivity index (χ0v) is 19.5. The highest BCUT2D eigenvalue weighted by Crippen LogP contribution is 2.41. The molecule has 12 heteroatoms. The molecule has 2 N–H and O–H groups in total. The van der Waals surface area contributed by atoms with Gasteiger partial charge >= 0.3 is 12.2 Å². The molecule has 4 atom stereocenters. The molecule has 1 aromatic carbocycles. The molecule has 0 spiro atoms. The fourth-order valence-electron chi connectivity index (χ4n) is 4.57. The number of carbonyl (C=O) groups excluding carboxylic acids is 3. The van der Waals surface area contributed by atoms with Gasteiger partial charge in [-0.25, -0.2) is 4.79 Å². The summed E-state index contributed by atoms with van der Waals surface area (Å²) in [6, 6.07) is 0.382. The first-order chi connectivity index (χ1) is 15.9. The number of urea groups is 1. The Hall–Kier alpha value is -3.18. The van der Waals surface area contributed by atoms with Gasteiger partial charge in [0.1, 0.15) is 0 Å². The van der Waals surface area contributed by atoms with Crippen molar-refractivity contribution in [2.24, 2.45) is 11.8 Å². The van der Waals surface area contributed by atoms with Crippen LogP contribution in [-0.2, 0) is 4.79 Å². The summed E-state index contributed by atoms with van der Waals surface area (Å²) < 4.78 is 58.3. The van der Waals surface area contributed by atoms with Crippen molar-refractivity contribution in [3.8, 4) is 17.2 Å². The third kappa shape index (κ3) is 4.09. The number of halogens is 3. The number of rotatable bonds is 6. The Labute approximate surface area is 194 Å². The molecule has 34 heavy (non-hydrogen) atoms. The summed E-state index contributed by atoms with van der Waals surface area (Å²) in [5.41, 5.74) is -3.90. The Bertz CT molecular complexity index is 960. The molecule has 1 aliphatic carbocycles. The van der Waals surface area contributed by atoms with Crippen molar-refractivity contribution in [2.75, 3.05) is 21.3 Å². The zero-order chi connectivity index (χ0) is 25.4. The van der Waals surface area contributed by atoms with Crippen molar-refractivity contribution in [3.05, 3.63) is 17.7 Å². The van der Waals surface area contributed by atoms with Crippen molar-refractivity contribution in [1.29, 1.82) is 0 Å². The normalized spacial score (nSPS) is 27.3. The van der Waals surface area contributed by atoms with E-state index in [1.807, 2.05) is 6.92 Å². The van der Waals surface area contributed by atoms with Crippen molar-refractivity contribution in [2.45, 2.75) is 51.0 Å². The molecule has 0 unspecified atom stereocenters. The highest BCUT2D eigenvalue weighted by Gasteiger charge is 2.70. The van der Waals surface area contributed by atoms with Crippen LogP contribution in [0.3, 0.4) is 0 Å². The summed E-state index contributed by atoms with van der Waals surface area (Å²) >= 11 is 0. The summed E-state index contributed by atoms with van der Waals surface area (Å²) in [5, 5.41) is 3.44. The van der Waals surface area contributed by atoms with Crippen LogP contribution in [0, 0.1) is 11.8 Å². The molecular formula is C22H28F3N3O6. The van der Waals surface area contributed by atoms with E-state index in [-0.39, 0.29) is 34.6 Å². The van der Waals surface area contributed by atoms with E-state index in [0.717, 1.165) is 18.6 Å². The minimum atomic E-state index is -5.31. The van der Waals surface area contributed by atoms with Crippen molar-refractivity contribution < 1.29 is 41.8 Å².